The van der Waals surface area contributed by atoms with E-state index in [9.17, 15) is 5.11 Å². The molecule has 0 fully saturated rings. The Morgan fingerprint density at radius 1 is 1.26 bits per heavy atom. The summed E-state index contributed by atoms with van der Waals surface area (Å²) in [6.45, 7) is 2.28. The van der Waals surface area contributed by atoms with E-state index in [0.29, 0.717) is 10.9 Å². The van der Waals surface area contributed by atoms with Crippen molar-refractivity contribution >= 4 is 23.3 Å². The molecule has 0 unspecified atom stereocenters. The Balaban J connectivity index is 1.92. The van der Waals surface area contributed by atoms with E-state index in [1.54, 1.807) is 0 Å². The van der Waals surface area contributed by atoms with Crippen molar-refractivity contribution in [1.82, 2.24) is 9.97 Å². The molecule has 7 heteroatoms. The molecular formula is C16H21N3O3S. The fraction of sp³-hybridized carbons (Fsp3) is 0.375. The molecule has 0 aliphatic rings. The van der Waals surface area contributed by atoms with Crippen LogP contribution in [0.4, 0.5) is 11.5 Å². The van der Waals surface area contributed by atoms with Crippen LogP contribution in [0.15, 0.2) is 41.6 Å². The monoisotopic (exact) mass is 335 g/mol. The van der Waals surface area contributed by atoms with E-state index in [2.05, 4.69) is 15.3 Å². The third kappa shape index (κ3) is 6.54. The normalized spacial score (nSPS) is 12.1. The Bertz CT molecular complexity index is 598. The van der Waals surface area contributed by atoms with E-state index in [1.807, 2.05) is 43.3 Å². The Kier molecular flexibility index (Phi) is 7.28. The van der Waals surface area contributed by atoms with Gasteiger partial charge in [-0.25, -0.2) is 9.97 Å². The first kappa shape index (κ1) is 17.7. The molecular weight excluding hydrogens is 314 g/mol. The zero-order chi connectivity index (χ0) is 16.5. The number of thioether (sulfide) groups is 1. The van der Waals surface area contributed by atoms with Crippen LogP contribution < -0.4 is 5.32 Å². The second-order valence-electron chi connectivity index (χ2n) is 4.93. The maximum atomic E-state index is 9.81. The van der Waals surface area contributed by atoms with Crippen molar-refractivity contribution in [2.75, 3.05) is 30.9 Å². The second kappa shape index (κ2) is 9.46. The van der Waals surface area contributed by atoms with Gasteiger partial charge in [0, 0.05) is 23.2 Å². The Labute approximate surface area is 139 Å². The number of aryl methyl sites for hydroxylation is 1. The molecule has 0 spiro atoms. The van der Waals surface area contributed by atoms with Crippen LogP contribution in [-0.2, 0) is 4.74 Å². The number of aliphatic hydroxyl groups excluding tert-OH is 2. The molecule has 124 valence electrons. The molecule has 0 aliphatic heterocycles. The molecule has 0 aliphatic carbocycles. The largest absolute Gasteiger partial charge is 0.394 e. The summed E-state index contributed by atoms with van der Waals surface area (Å²) in [5.41, 5.74) is 1.81. The molecule has 2 aromatic rings. The third-order valence-corrected chi connectivity index (χ3v) is 3.82. The van der Waals surface area contributed by atoms with Gasteiger partial charge in [-0.3, -0.25) is 0 Å². The van der Waals surface area contributed by atoms with Gasteiger partial charge in [0.25, 0.3) is 0 Å². The molecule has 2 rings (SSSR count). The first-order chi connectivity index (χ1) is 11.2. The molecule has 1 aromatic carbocycles. The highest BCUT2D eigenvalue weighted by atomic mass is 32.2. The van der Waals surface area contributed by atoms with Crippen molar-refractivity contribution < 1.29 is 14.9 Å². The molecule has 23 heavy (non-hydrogen) atoms. The SMILES string of the molecule is Cc1cc(Nc2ccccc2)nc(SC[C@H](O)COCCO)n1. The molecule has 0 bridgehead atoms. The Hall–Kier alpha value is -1.67. The predicted molar refractivity (Wildman–Crippen MR) is 91.1 cm³/mol. The summed E-state index contributed by atoms with van der Waals surface area (Å²) in [4.78, 5) is 8.81. The van der Waals surface area contributed by atoms with E-state index in [1.165, 1.54) is 11.8 Å². The number of benzene rings is 1. The lowest BCUT2D eigenvalue weighted by atomic mass is 10.3. The van der Waals surface area contributed by atoms with Crippen molar-refractivity contribution in [3.05, 3.63) is 42.1 Å². The van der Waals surface area contributed by atoms with Crippen LogP contribution in [0, 0.1) is 6.92 Å². The van der Waals surface area contributed by atoms with Crippen molar-refractivity contribution in [2.45, 2.75) is 18.2 Å². The van der Waals surface area contributed by atoms with Gasteiger partial charge in [0.1, 0.15) is 5.82 Å². The fourth-order valence-corrected chi connectivity index (χ4v) is 2.65. The third-order valence-electron chi connectivity index (χ3n) is 2.83. The van der Waals surface area contributed by atoms with Gasteiger partial charge in [-0.05, 0) is 19.1 Å². The minimum Gasteiger partial charge on any atom is -0.394 e. The fourth-order valence-electron chi connectivity index (χ4n) is 1.84. The Morgan fingerprint density at radius 2 is 2.04 bits per heavy atom. The lowest BCUT2D eigenvalue weighted by molar-refractivity contribution is 0.0311. The van der Waals surface area contributed by atoms with Crippen LogP contribution in [0.1, 0.15) is 5.69 Å². The highest BCUT2D eigenvalue weighted by Gasteiger charge is 2.09. The molecule has 0 saturated carbocycles. The molecule has 0 saturated heterocycles. The van der Waals surface area contributed by atoms with Crippen LogP contribution >= 0.6 is 11.8 Å². The average molecular weight is 335 g/mol. The molecule has 1 atom stereocenters. The number of hydrogen-bond donors (Lipinski definition) is 3. The van der Waals surface area contributed by atoms with Crippen LogP contribution in [0.5, 0.6) is 0 Å². The van der Waals surface area contributed by atoms with Gasteiger partial charge in [0.2, 0.25) is 0 Å². The van der Waals surface area contributed by atoms with Gasteiger partial charge in [-0.15, -0.1) is 0 Å². The van der Waals surface area contributed by atoms with Crippen molar-refractivity contribution in [1.29, 1.82) is 0 Å². The lowest BCUT2D eigenvalue weighted by Gasteiger charge is -2.11. The highest BCUT2D eigenvalue weighted by Crippen LogP contribution is 2.20. The molecule has 6 nitrogen and oxygen atoms in total. The smallest absolute Gasteiger partial charge is 0.189 e. The van der Waals surface area contributed by atoms with Crippen molar-refractivity contribution in [3.63, 3.8) is 0 Å². The minimum absolute atomic E-state index is 0.0463. The summed E-state index contributed by atoms with van der Waals surface area (Å²) >= 11 is 1.37. The van der Waals surface area contributed by atoms with Crippen LogP contribution in [-0.4, -0.2) is 51.9 Å². The summed E-state index contributed by atoms with van der Waals surface area (Å²) in [6.07, 6.45) is -0.624. The van der Waals surface area contributed by atoms with Crippen molar-refractivity contribution in [2.24, 2.45) is 0 Å². The zero-order valence-electron chi connectivity index (χ0n) is 13.0. The summed E-state index contributed by atoms with van der Waals surface area (Å²) in [6, 6.07) is 11.7. The number of para-hydroxylation sites is 1. The highest BCUT2D eigenvalue weighted by molar-refractivity contribution is 7.99. The summed E-state index contributed by atoms with van der Waals surface area (Å²) in [5.74, 6) is 1.15. The number of ether oxygens (including phenoxy) is 1. The van der Waals surface area contributed by atoms with E-state index in [4.69, 9.17) is 9.84 Å². The van der Waals surface area contributed by atoms with Crippen LogP contribution in [0.25, 0.3) is 0 Å². The summed E-state index contributed by atoms with van der Waals surface area (Å²) < 4.78 is 5.09. The van der Waals surface area contributed by atoms with Crippen LogP contribution in [0.3, 0.4) is 0 Å². The first-order valence-corrected chi connectivity index (χ1v) is 8.33. The lowest BCUT2D eigenvalue weighted by Crippen LogP contribution is -2.19. The number of aliphatic hydroxyl groups is 2. The van der Waals surface area contributed by atoms with Gasteiger partial charge in [0.15, 0.2) is 5.16 Å². The summed E-state index contributed by atoms with van der Waals surface area (Å²) in [7, 11) is 0. The maximum Gasteiger partial charge on any atom is 0.189 e. The topological polar surface area (TPSA) is 87.5 Å². The number of anilines is 2. The number of rotatable bonds is 9. The van der Waals surface area contributed by atoms with E-state index >= 15 is 0 Å². The quantitative estimate of drug-likeness (QED) is 0.367. The Morgan fingerprint density at radius 3 is 2.78 bits per heavy atom. The maximum absolute atomic E-state index is 9.81. The molecule has 1 aromatic heterocycles. The van der Waals surface area contributed by atoms with E-state index in [0.717, 1.165) is 17.2 Å². The second-order valence-corrected chi connectivity index (χ2v) is 5.92. The van der Waals surface area contributed by atoms with Gasteiger partial charge in [0.05, 0.1) is 25.9 Å². The number of aromatic nitrogens is 2. The standard InChI is InChI=1S/C16H21N3O3S/c1-12-9-15(18-13-5-3-2-4-6-13)19-16(17-12)23-11-14(21)10-22-8-7-20/h2-6,9,14,20-21H,7-8,10-11H2,1H3,(H,17,18,19)/t14-/m1/s1. The van der Waals surface area contributed by atoms with Crippen LogP contribution in [0.2, 0.25) is 0 Å². The predicted octanol–water partition coefficient (Wildman–Crippen LogP) is 1.99. The van der Waals surface area contributed by atoms with E-state index in [-0.39, 0.29) is 19.8 Å². The van der Waals surface area contributed by atoms with Gasteiger partial charge in [-0.2, -0.15) is 0 Å². The minimum atomic E-state index is -0.624. The molecule has 0 radical (unpaired) electrons. The van der Waals surface area contributed by atoms with Crippen molar-refractivity contribution in [3.8, 4) is 0 Å². The van der Waals surface area contributed by atoms with Gasteiger partial charge >= 0.3 is 0 Å². The first-order valence-electron chi connectivity index (χ1n) is 7.34. The number of nitrogens with zero attached hydrogens (tertiary/aromatic N) is 2. The summed E-state index contributed by atoms with van der Waals surface area (Å²) in [5, 5.41) is 22.3. The van der Waals surface area contributed by atoms with E-state index < -0.39 is 6.10 Å². The molecule has 1 heterocycles. The molecule has 0 amide bonds. The molecule has 3 N–H and O–H groups in total. The number of hydrogen-bond acceptors (Lipinski definition) is 7. The zero-order valence-corrected chi connectivity index (χ0v) is 13.8. The average Bonchev–Trinajstić information content (AvgIpc) is 2.54. The number of nitrogens with one attached hydrogen (secondary N) is 1. The van der Waals surface area contributed by atoms with Gasteiger partial charge < -0.3 is 20.3 Å². The van der Waals surface area contributed by atoms with Gasteiger partial charge in [-0.1, -0.05) is 30.0 Å².